The molecule has 76 valence electrons. The molecule has 0 unspecified atom stereocenters. The lowest BCUT2D eigenvalue weighted by Crippen LogP contribution is -2.01. The molecular weight excluding hydrogens is 184 g/mol. The fourth-order valence-corrected chi connectivity index (χ4v) is 1.13. The van der Waals surface area contributed by atoms with Gasteiger partial charge in [0.15, 0.2) is 0 Å². The number of hydrogen-bond acceptors (Lipinski definition) is 4. The minimum atomic E-state index is -0.419. The number of ether oxygens (including phenoxy) is 1. The highest BCUT2D eigenvalue weighted by atomic mass is 16.6. The number of nitrogens with one attached hydrogen (secondary N) is 1. The third-order valence-corrected chi connectivity index (χ3v) is 1.77. The highest BCUT2D eigenvalue weighted by Crippen LogP contribution is 2.28. The Morgan fingerprint density at radius 1 is 1.57 bits per heavy atom. The van der Waals surface area contributed by atoms with Crippen LogP contribution in [0.25, 0.3) is 0 Å². The van der Waals surface area contributed by atoms with E-state index in [0.29, 0.717) is 18.0 Å². The summed E-state index contributed by atoms with van der Waals surface area (Å²) in [4.78, 5) is 10.2. The van der Waals surface area contributed by atoms with Crippen LogP contribution in [0.1, 0.15) is 6.92 Å². The molecule has 0 aliphatic heterocycles. The molecular formula is C9H12N2O3. The largest absolute Gasteiger partial charge is 0.497 e. The first kappa shape index (κ1) is 10.3. The van der Waals surface area contributed by atoms with Crippen LogP contribution < -0.4 is 10.1 Å². The second kappa shape index (κ2) is 4.45. The van der Waals surface area contributed by atoms with Gasteiger partial charge in [0.25, 0.3) is 5.69 Å². The SMILES string of the molecule is CCNc1cc(OC)ccc1[N+](=O)[O-]. The van der Waals surface area contributed by atoms with Gasteiger partial charge < -0.3 is 10.1 Å². The smallest absolute Gasteiger partial charge is 0.292 e. The van der Waals surface area contributed by atoms with E-state index in [1.807, 2.05) is 6.92 Å². The Morgan fingerprint density at radius 2 is 2.29 bits per heavy atom. The zero-order chi connectivity index (χ0) is 10.6. The Hall–Kier alpha value is -1.78. The molecule has 1 aromatic rings. The molecule has 0 amide bonds. The zero-order valence-corrected chi connectivity index (χ0v) is 8.11. The van der Waals surface area contributed by atoms with Crippen LogP contribution in [0.5, 0.6) is 5.75 Å². The normalized spacial score (nSPS) is 9.57. The minimum Gasteiger partial charge on any atom is -0.497 e. The van der Waals surface area contributed by atoms with Crippen molar-refractivity contribution in [3.8, 4) is 5.75 Å². The summed E-state index contributed by atoms with van der Waals surface area (Å²) < 4.78 is 4.97. The Balaban J connectivity index is 3.10. The van der Waals surface area contributed by atoms with E-state index in [-0.39, 0.29) is 5.69 Å². The number of methoxy groups -OCH3 is 1. The Labute approximate surface area is 81.8 Å². The second-order valence-electron chi connectivity index (χ2n) is 2.67. The number of nitro benzene ring substituents is 1. The third-order valence-electron chi connectivity index (χ3n) is 1.77. The molecule has 0 saturated heterocycles. The molecule has 0 spiro atoms. The van der Waals surface area contributed by atoms with Crippen LogP contribution in [-0.4, -0.2) is 18.6 Å². The van der Waals surface area contributed by atoms with Crippen LogP contribution in [0.3, 0.4) is 0 Å². The summed E-state index contributed by atoms with van der Waals surface area (Å²) in [5, 5.41) is 13.5. The standard InChI is InChI=1S/C9H12N2O3/c1-3-10-8-6-7(14-2)4-5-9(8)11(12)13/h4-6,10H,3H2,1-2H3. The number of rotatable bonds is 4. The van der Waals surface area contributed by atoms with Crippen molar-refractivity contribution in [1.29, 1.82) is 0 Å². The van der Waals surface area contributed by atoms with E-state index in [2.05, 4.69) is 5.32 Å². The fourth-order valence-electron chi connectivity index (χ4n) is 1.13. The van der Waals surface area contributed by atoms with E-state index in [1.165, 1.54) is 13.2 Å². The van der Waals surface area contributed by atoms with Gasteiger partial charge in [0.2, 0.25) is 0 Å². The lowest BCUT2D eigenvalue weighted by molar-refractivity contribution is -0.384. The fraction of sp³-hybridized carbons (Fsp3) is 0.333. The Kier molecular flexibility index (Phi) is 3.28. The number of benzene rings is 1. The van der Waals surface area contributed by atoms with Crippen LogP contribution in [0.2, 0.25) is 0 Å². The topological polar surface area (TPSA) is 64.4 Å². The molecule has 1 rings (SSSR count). The molecule has 0 saturated carbocycles. The van der Waals surface area contributed by atoms with Gasteiger partial charge >= 0.3 is 0 Å². The number of anilines is 1. The van der Waals surface area contributed by atoms with Gasteiger partial charge in [0, 0.05) is 18.7 Å². The van der Waals surface area contributed by atoms with Gasteiger partial charge in [-0.25, -0.2) is 0 Å². The van der Waals surface area contributed by atoms with E-state index in [4.69, 9.17) is 4.74 Å². The number of nitrogens with zero attached hydrogens (tertiary/aromatic N) is 1. The molecule has 14 heavy (non-hydrogen) atoms. The maximum atomic E-state index is 10.6. The highest BCUT2D eigenvalue weighted by Gasteiger charge is 2.13. The van der Waals surface area contributed by atoms with Crippen molar-refractivity contribution in [2.24, 2.45) is 0 Å². The van der Waals surface area contributed by atoms with Crippen molar-refractivity contribution in [3.63, 3.8) is 0 Å². The summed E-state index contributed by atoms with van der Waals surface area (Å²) in [7, 11) is 1.52. The number of nitro groups is 1. The first-order chi connectivity index (χ1) is 6.69. The summed E-state index contributed by atoms with van der Waals surface area (Å²) in [6.45, 7) is 2.51. The average molecular weight is 196 g/mol. The van der Waals surface area contributed by atoms with Crippen LogP contribution >= 0.6 is 0 Å². The Bertz CT molecular complexity index is 339. The van der Waals surface area contributed by atoms with Gasteiger partial charge in [-0.15, -0.1) is 0 Å². The quantitative estimate of drug-likeness (QED) is 0.591. The molecule has 0 aromatic heterocycles. The monoisotopic (exact) mass is 196 g/mol. The van der Waals surface area contributed by atoms with Gasteiger partial charge in [-0.1, -0.05) is 0 Å². The lowest BCUT2D eigenvalue weighted by atomic mass is 10.2. The van der Waals surface area contributed by atoms with E-state index in [0.717, 1.165) is 0 Å². The van der Waals surface area contributed by atoms with Gasteiger partial charge in [0.1, 0.15) is 11.4 Å². The summed E-state index contributed by atoms with van der Waals surface area (Å²) in [5.74, 6) is 0.603. The van der Waals surface area contributed by atoms with E-state index >= 15 is 0 Å². The first-order valence-corrected chi connectivity index (χ1v) is 4.25. The minimum absolute atomic E-state index is 0.0626. The van der Waals surface area contributed by atoms with Crippen LogP contribution in [0.15, 0.2) is 18.2 Å². The van der Waals surface area contributed by atoms with Crippen molar-refractivity contribution in [2.45, 2.75) is 6.92 Å². The second-order valence-corrected chi connectivity index (χ2v) is 2.67. The number of hydrogen-bond donors (Lipinski definition) is 1. The predicted molar refractivity (Wildman–Crippen MR) is 53.8 cm³/mol. The molecule has 0 aliphatic rings. The summed E-state index contributed by atoms with van der Waals surface area (Å²) in [5.41, 5.74) is 0.546. The van der Waals surface area contributed by atoms with E-state index in [1.54, 1.807) is 12.1 Å². The molecule has 0 fully saturated rings. The van der Waals surface area contributed by atoms with Gasteiger partial charge in [-0.05, 0) is 13.0 Å². The molecule has 0 aliphatic carbocycles. The van der Waals surface area contributed by atoms with E-state index in [9.17, 15) is 10.1 Å². The van der Waals surface area contributed by atoms with Gasteiger partial charge in [-0.3, -0.25) is 10.1 Å². The van der Waals surface area contributed by atoms with Crippen LogP contribution in [0.4, 0.5) is 11.4 Å². The molecule has 5 heteroatoms. The molecule has 0 bridgehead atoms. The van der Waals surface area contributed by atoms with Crippen molar-refractivity contribution in [1.82, 2.24) is 0 Å². The van der Waals surface area contributed by atoms with Crippen molar-refractivity contribution < 1.29 is 9.66 Å². The molecule has 5 nitrogen and oxygen atoms in total. The van der Waals surface area contributed by atoms with Crippen LogP contribution in [-0.2, 0) is 0 Å². The van der Waals surface area contributed by atoms with Crippen molar-refractivity contribution in [2.75, 3.05) is 19.0 Å². The molecule has 0 radical (unpaired) electrons. The highest BCUT2D eigenvalue weighted by molar-refractivity contribution is 5.64. The van der Waals surface area contributed by atoms with E-state index < -0.39 is 4.92 Å². The maximum absolute atomic E-state index is 10.6. The van der Waals surface area contributed by atoms with Crippen molar-refractivity contribution >= 4 is 11.4 Å². The Morgan fingerprint density at radius 3 is 2.79 bits per heavy atom. The van der Waals surface area contributed by atoms with Gasteiger partial charge in [0.05, 0.1) is 12.0 Å². The maximum Gasteiger partial charge on any atom is 0.292 e. The van der Waals surface area contributed by atoms with Crippen LogP contribution in [0, 0.1) is 10.1 Å². The first-order valence-electron chi connectivity index (χ1n) is 4.25. The predicted octanol–water partition coefficient (Wildman–Crippen LogP) is 2.04. The average Bonchev–Trinajstić information content (AvgIpc) is 2.17. The molecule has 0 atom stereocenters. The molecule has 0 heterocycles. The summed E-state index contributed by atoms with van der Waals surface area (Å²) in [6.07, 6.45) is 0. The third kappa shape index (κ3) is 2.12. The van der Waals surface area contributed by atoms with Crippen molar-refractivity contribution in [3.05, 3.63) is 28.3 Å². The zero-order valence-electron chi connectivity index (χ0n) is 8.11. The molecule has 1 N–H and O–H groups in total. The molecule has 1 aromatic carbocycles. The summed E-state index contributed by atoms with van der Waals surface area (Å²) in [6, 6.07) is 4.61. The van der Waals surface area contributed by atoms with Gasteiger partial charge in [-0.2, -0.15) is 0 Å². The summed E-state index contributed by atoms with van der Waals surface area (Å²) >= 11 is 0. The lowest BCUT2D eigenvalue weighted by Gasteiger charge is -2.06.